The number of rotatable bonds is 0. The molecule has 23 heavy (non-hydrogen) atoms. The fourth-order valence-corrected chi connectivity index (χ4v) is 2.71. The van der Waals surface area contributed by atoms with Gasteiger partial charge in [-0.3, -0.25) is 9.98 Å². The quantitative estimate of drug-likeness (QED) is 0.586. The molecule has 5 heterocycles. The number of fused-ring (bicyclic) bond motifs is 8. The Kier molecular flexibility index (Phi) is 3.28. The number of aliphatic imine (C=N–C) groups is 2. The van der Waals surface area contributed by atoms with Crippen LogP contribution in [-0.4, -0.2) is 11.4 Å². The largest absolute Gasteiger partial charge is 2.00 e. The number of allylic oxidation sites excluding steroid dienone is 4. The summed E-state index contributed by atoms with van der Waals surface area (Å²) in [7, 11) is 0. The predicted molar refractivity (Wildman–Crippen MR) is 86.8 cm³/mol. The molecule has 2 aromatic rings. The van der Waals surface area contributed by atoms with Gasteiger partial charge in [-0.05, 0) is 24.3 Å². The van der Waals surface area contributed by atoms with Crippen LogP contribution in [-0.2, 0) is 21.1 Å². The van der Waals surface area contributed by atoms with Crippen LogP contribution in [0.15, 0.2) is 69.9 Å². The van der Waals surface area contributed by atoms with E-state index in [9.17, 15) is 0 Å². The second-order valence-corrected chi connectivity index (χ2v) is 5.31. The summed E-state index contributed by atoms with van der Waals surface area (Å²) in [4.78, 5) is 18.4. The van der Waals surface area contributed by atoms with Gasteiger partial charge in [-0.15, -0.1) is 22.8 Å². The van der Waals surface area contributed by atoms with Crippen LogP contribution >= 0.6 is 0 Å². The summed E-state index contributed by atoms with van der Waals surface area (Å²) < 4.78 is 0. The van der Waals surface area contributed by atoms with Gasteiger partial charge in [0.1, 0.15) is 0 Å². The Balaban J connectivity index is 0.00000135. The fourth-order valence-electron chi connectivity index (χ4n) is 2.71. The fraction of sp³-hybridized carbons (Fsp3) is 0. The smallest absolute Gasteiger partial charge is 0.656 e. The molecule has 5 rings (SSSR count). The summed E-state index contributed by atoms with van der Waals surface area (Å²) in [6, 6.07) is 7.94. The van der Waals surface area contributed by atoms with Crippen LogP contribution in [0.3, 0.4) is 0 Å². The van der Waals surface area contributed by atoms with Gasteiger partial charge in [0.05, 0.1) is 11.4 Å². The molecular formula is C18H10N4Pt. The van der Waals surface area contributed by atoms with Gasteiger partial charge >= 0.3 is 21.1 Å². The molecule has 0 aliphatic carbocycles. The summed E-state index contributed by atoms with van der Waals surface area (Å²) in [5, 5.41) is 0. The number of hydrogen-bond acceptors (Lipinski definition) is 2. The van der Waals surface area contributed by atoms with E-state index < -0.39 is 0 Å². The summed E-state index contributed by atoms with van der Waals surface area (Å²) in [6.45, 7) is 0. The molecule has 0 spiro atoms. The molecule has 0 N–H and O–H groups in total. The molecule has 5 heteroatoms. The first-order valence-corrected chi connectivity index (χ1v) is 7.09. The molecule has 0 amide bonds. The second-order valence-electron chi connectivity index (χ2n) is 5.31. The molecule has 3 aliphatic heterocycles. The van der Waals surface area contributed by atoms with Crippen LogP contribution < -0.4 is 9.97 Å². The first-order valence-electron chi connectivity index (χ1n) is 7.09. The minimum absolute atomic E-state index is 0. The van der Waals surface area contributed by atoms with Gasteiger partial charge < -0.3 is 9.97 Å². The van der Waals surface area contributed by atoms with Crippen LogP contribution in [0.4, 0.5) is 0 Å². The Morgan fingerprint density at radius 1 is 0.609 bits per heavy atom. The van der Waals surface area contributed by atoms with Crippen molar-refractivity contribution in [3.8, 4) is 0 Å². The SMILES string of the molecule is C1=CC2=NC1=Cc1ccc([n-]1)C1=NC(=Cc3ccc2[n-]3)C=C1.[Pt+2]. The average molecular weight is 477 g/mol. The average Bonchev–Trinajstić information content (AvgIpc) is 3.24. The molecule has 0 unspecified atom stereocenters. The Hall–Kier alpha value is -2.45. The zero-order valence-electron chi connectivity index (χ0n) is 11.9. The van der Waals surface area contributed by atoms with Crippen molar-refractivity contribution in [3.63, 3.8) is 0 Å². The van der Waals surface area contributed by atoms with E-state index in [0.717, 1.165) is 45.6 Å². The van der Waals surface area contributed by atoms with Crippen molar-refractivity contribution in [2.45, 2.75) is 0 Å². The maximum Gasteiger partial charge on any atom is 2.00 e. The Labute approximate surface area is 147 Å². The molecule has 3 aliphatic rings. The van der Waals surface area contributed by atoms with Gasteiger partial charge in [0.15, 0.2) is 0 Å². The molecule has 0 saturated carbocycles. The molecule has 0 saturated heterocycles. The van der Waals surface area contributed by atoms with E-state index in [0.29, 0.717) is 0 Å². The topological polar surface area (TPSA) is 52.9 Å². The molecular weight excluding hydrogens is 467 g/mol. The minimum Gasteiger partial charge on any atom is -0.656 e. The van der Waals surface area contributed by atoms with Crippen LogP contribution in [0, 0.1) is 0 Å². The first-order chi connectivity index (χ1) is 10.8. The van der Waals surface area contributed by atoms with E-state index in [1.807, 2.05) is 60.7 Å². The van der Waals surface area contributed by atoms with Gasteiger partial charge in [-0.2, -0.15) is 0 Å². The third kappa shape index (κ3) is 2.45. The van der Waals surface area contributed by atoms with E-state index in [1.54, 1.807) is 0 Å². The van der Waals surface area contributed by atoms with E-state index in [-0.39, 0.29) is 21.1 Å². The van der Waals surface area contributed by atoms with Crippen LogP contribution in [0.2, 0.25) is 0 Å². The third-order valence-electron chi connectivity index (χ3n) is 3.76. The van der Waals surface area contributed by atoms with Crippen molar-refractivity contribution in [3.05, 3.63) is 82.7 Å². The van der Waals surface area contributed by atoms with E-state index in [2.05, 4.69) is 20.0 Å². The molecule has 112 valence electrons. The Morgan fingerprint density at radius 2 is 1.09 bits per heavy atom. The Bertz CT molecular complexity index is 896. The van der Waals surface area contributed by atoms with Gasteiger partial charge in [0.25, 0.3) is 0 Å². The van der Waals surface area contributed by atoms with E-state index in [1.165, 1.54) is 0 Å². The number of hydrogen-bond donors (Lipinski definition) is 0. The first kappa shape index (κ1) is 14.2. The standard InChI is InChI=1S/C18H10N4.Pt/c1-5-15-16-6-3-13(21-16)10-14-4-8-18(22-14)17-7-2-12(20-17)9-11(1)19-15;/h1-10H;/q-2;+2. The van der Waals surface area contributed by atoms with Gasteiger partial charge in [-0.1, -0.05) is 36.4 Å². The van der Waals surface area contributed by atoms with Crippen molar-refractivity contribution in [1.29, 1.82) is 0 Å². The summed E-state index contributed by atoms with van der Waals surface area (Å²) in [5.74, 6) is 0. The molecule has 4 nitrogen and oxygen atoms in total. The summed E-state index contributed by atoms with van der Waals surface area (Å²) in [5.41, 5.74) is 7.08. The second kappa shape index (κ2) is 5.32. The zero-order chi connectivity index (χ0) is 14.5. The Morgan fingerprint density at radius 3 is 1.57 bits per heavy atom. The van der Waals surface area contributed by atoms with E-state index in [4.69, 9.17) is 0 Å². The normalized spacial score (nSPS) is 17.0. The van der Waals surface area contributed by atoms with Gasteiger partial charge in [0.2, 0.25) is 0 Å². The van der Waals surface area contributed by atoms with Gasteiger partial charge in [0, 0.05) is 11.4 Å². The van der Waals surface area contributed by atoms with Crippen LogP contribution in [0.1, 0.15) is 22.8 Å². The summed E-state index contributed by atoms with van der Waals surface area (Å²) >= 11 is 0. The van der Waals surface area contributed by atoms with Crippen molar-refractivity contribution in [2.24, 2.45) is 9.98 Å². The maximum absolute atomic E-state index is 4.61. The molecule has 0 atom stereocenters. The van der Waals surface area contributed by atoms with Crippen molar-refractivity contribution < 1.29 is 21.1 Å². The molecule has 0 radical (unpaired) electrons. The molecule has 2 aromatic heterocycles. The van der Waals surface area contributed by atoms with E-state index >= 15 is 0 Å². The van der Waals surface area contributed by atoms with Crippen molar-refractivity contribution >= 4 is 23.6 Å². The molecule has 8 bridgehead atoms. The summed E-state index contributed by atoms with van der Waals surface area (Å²) in [6.07, 6.45) is 11.9. The van der Waals surface area contributed by atoms with Crippen LogP contribution in [0.25, 0.3) is 12.2 Å². The van der Waals surface area contributed by atoms with Crippen molar-refractivity contribution in [1.82, 2.24) is 9.97 Å². The van der Waals surface area contributed by atoms with Gasteiger partial charge in [-0.25, -0.2) is 0 Å². The minimum atomic E-state index is 0. The maximum atomic E-state index is 4.61. The van der Waals surface area contributed by atoms with Crippen LogP contribution in [0.5, 0.6) is 0 Å². The molecule has 0 fully saturated rings. The predicted octanol–water partition coefficient (Wildman–Crippen LogP) is 2.71. The number of aromatic nitrogens is 2. The monoisotopic (exact) mass is 477 g/mol. The molecule has 0 aromatic carbocycles. The zero-order valence-corrected chi connectivity index (χ0v) is 14.2. The van der Waals surface area contributed by atoms with Crippen molar-refractivity contribution in [2.75, 3.05) is 0 Å². The number of nitrogens with zero attached hydrogens (tertiary/aromatic N) is 4. The third-order valence-corrected chi connectivity index (χ3v) is 3.76.